The SMILES string of the molecule is O=C(NCCc1ccccc1)N1CCOc2ccc(COCc3cccc(F)c3)cc2C1. The second-order valence-corrected chi connectivity index (χ2v) is 7.80. The Balaban J connectivity index is 1.31. The topological polar surface area (TPSA) is 50.8 Å². The Morgan fingerprint density at radius 3 is 2.56 bits per heavy atom. The lowest BCUT2D eigenvalue weighted by atomic mass is 10.1. The second-order valence-electron chi connectivity index (χ2n) is 7.80. The number of hydrogen-bond donors (Lipinski definition) is 1. The van der Waals surface area contributed by atoms with Crippen LogP contribution in [0.2, 0.25) is 0 Å². The van der Waals surface area contributed by atoms with Crippen LogP contribution >= 0.6 is 0 Å². The van der Waals surface area contributed by atoms with E-state index >= 15 is 0 Å². The van der Waals surface area contributed by atoms with Gasteiger partial charge in [0.25, 0.3) is 0 Å². The Labute approximate surface area is 187 Å². The molecule has 0 aromatic heterocycles. The number of halogens is 1. The number of nitrogens with one attached hydrogen (secondary N) is 1. The highest BCUT2D eigenvalue weighted by Crippen LogP contribution is 2.25. The maximum atomic E-state index is 13.3. The number of benzene rings is 3. The molecule has 0 fully saturated rings. The van der Waals surface area contributed by atoms with Crippen LogP contribution in [0, 0.1) is 5.82 Å². The molecular weight excluding hydrogens is 407 g/mol. The van der Waals surface area contributed by atoms with Gasteiger partial charge < -0.3 is 19.7 Å². The molecular formula is C26H27FN2O3. The highest BCUT2D eigenvalue weighted by atomic mass is 19.1. The fourth-order valence-corrected chi connectivity index (χ4v) is 3.69. The molecule has 1 aliphatic heterocycles. The van der Waals surface area contributed by atoms with Crippen molar-refractivity contribution in [2.24, 2.45) is 0 Å². The normalized spacial score (nSPS) is 13.1. The number of ether oxygens (including phenoxy) is 2. The van der Waals surface area contributed by atoms with Crippen LogP contribution < -0.4 is 10.1 Å². The summed E-state index contributed by atoms with van der Waals surface area (Å²) in [5.74, 6) is 0.522. The summed E-state index contributed by atoms with van der Waals surface area (Å²) in [6, 6.07) is 22.3. The fraction of sp³-hybridized carbons (Fsp3) is 0.269. The van der Waals surface area contributed by atoms with E-state index in [0.717, 1.165) is 28.9 Å². The Bertz CT molecular complexity index is 1040. The van der Waals surface area contributed by atoms with Crippen molar-refractivity contribution in [3.8, 4) is 5.75 Å². The monoisotopic (exact) mass is 434 g/mol. The number of carbonyl (C=O) groups is 1. The highest BCUT2D eigenvalue weighted by Gasteiger charge is 2.20. The first-order chi connectivity index (χ1) is 15.7. The number of nitrogens with zero attached hydrogens (tertiary/aromatic N) is 1. The zero-order valence-electron chi connectivity index (χ0n) is 17.9. The van der Waals surface area contributed by atoms with Crippen LogP contribution in [0.25, 0.3) is 0 Å². The molecule has 1 aliphatic rings. The third-order valence-electron chi connectivity index (χ3n) is 5.35. The van der Waals surface area contributed by atoms with Gasteiger partial charge in [-0.05, 0) is 47.4 Å². The Morgan fingerprint density at radius 2 is 1.75 bits per heavy atom. The molecule has 1 N–H and O–H groups in total. The molecule has 166 valence electrons. The third kappa shape index (κ3) is 6.08. The first-order valence-electron chi connectivity index (χ1n) is 10.8. The molecule has 0 saturated carbocycles. The standard InChI is InChI=1S/C26H27FN2O3/c27-24-8-4-7-21(16-24)18-31-19-22-9-10-25-23(15-22)17-29(13-14-32-25)26(30)28-12-11-20-5-2-1-3-6-20/h1-10,15-16H,11-14,17-19H2,(H,28,30). The van der Waals surface area contributed by atoms with Gasteiger partial charge in [-0.2, -0.15) is 0 Å². The van der Waals surface area contributed by atoms with Crippen LogP contribution in [-0.2, 0) is 30.9 Å². The quantitative estimate of drug-likeness (QED) is 0.587. The van der Waals surface area contributed by atoms with E-state index in [1.807, 2.05) is 42.5 Å². The van der Waals surface area contributed by atoms with Crippen LogP contribution in [0.4, 0.5) is 9.18 Å². The van der Waals surface area contributed by atoms with Crippen LogP contribution in [-0.4, -0.2) is 30.6 Å². The zero-order valence-corrected chi connectivity index (χ0v) is 17.9. The summed E-state index contributed by atoms with van der Waals surface area (Å²) in [5, 5.41) is 3.01. The molecule has 0 spiro atoms. The van der Waals surface area contributed by atoms with E-state index < -0.39 is 0 Å². The van der Waals surface area contributed by atoms with Gasteiger partial charge >= 0.3 is 6.03 Å². The van der Waals surface area contributed by atoms with Crippen molar-refractivity contribution in [1.29, 1.82) is 0 Å². The Morgan fingerprint density at radius 1 is 0.969 bits per heavy atom. The number of amides is 2. The molecule has 3 aromatic carbocycles. The van der Waals surface area contributed by atoms with Crippen molar-refractivity contribution in [2.75, 3.05) is 19.7 Å². The van der Waals surface area contributed by atoms with Gasteiger partial charge in [-0.1, -0.05) is 48.5 Å². The summed E-state index contributed by atoms with van der Waals surface area (Å²) in [6.07, 6.45) is 0.792. The number of carbonyl (C=O) groups excluding carboxylic acids is 1. The van der Waals surface area contributed by atoms with E-state index in [1.54, 1.807) is 11.0 Å². The maximum absolute atomic E-state index is 13.3. The maximum Gasteiger partial charge on any atom is 0.317 e. The number of urea groups is 1. The van der Waals surface area contributed by atoms with Crippen molar-refractivity contribution >= 4 is 6.03 Å². The molecule has 0 atom stereocenters. The molecule has 5 nitrogen and oxygen atoms in total. The minimum Gasteiger partial charge on any atom is -0.491 e. The zero-order chi connectivity index (χ0) is 22.2. The van der Waals surface area contributed by atoms with Crippen LogP contribution in [0.5, 0.6) is 5.75 Å². The lowest BCUT2D eigenvalue weighted by Gasteiger charge is -2.20. The van der Waals surface area contributed by atoms with E-state index in [2.05, 4.69) is 17.4 Å². The fourth-order valence-electron chi connectivity index (χ4n) is 3.69. The van der Waals surface area contributed by atoms with Gasteiger partial charge in [0.2, 0.25) is 0 Å². The van der Waals surface area contributed by atoms with Crippen LogP contribution in [0.3, 0.4) is 0 Å². The van der Waals surface area contributed by atoms with Gasteiger partial charge in [0.15, 0.2) is 0 Å². The predicted octanol–water partition coefficient (Wildman–Crippen LogP) is 4.69. The van der Waals surface area contributed by atoms with Gasteiger partial charge in [-0.25, -0.2) is 9.18 Å². The van der Waals surface area contributed by atoms with Crippen molar-refractivity contribution in [1.82, 2.24) is 10.2 Å². The first kappa shape index (κ1) is 21.8. The lowest BCUT2D eigenvalue weighted by Crippen LogP contribution is -2.41. The molecule has 0 aliphatic carbocycles. The molecule has 0 bridgehead atoms. The number of rotatable bonds is 7. The average molecular weight is 435 g/mol. The third-order valence-corrected chi connectivity index (χ3v) is 5.35. The first-order valence-corrected chi connectivity index (χ1v) is 10.8. The summed E-state index contributed by atoms with van der Waals surface area (Å²) in [4.78, 5) is 14.5. The van der Waals surface area contributed by atoms with E-state index in [9.17, 15) is 9.18 Å². The van der Waals surface area contributed by atoms with Crippen LogP contribution in [0.1, 0.15) is 22.3 Å². The Hall–Kier alpha value is -3.38. The molecule has 1 heterocycles. The highest BCUT2D eigenvalue weighted by molar-refractivity contribution is 5.74. The molecule has 4 rings (SSSR count). The van der Waals surface area contributed by atoms with Crippen molar-refractivity contribution in [3.63, 3.8) is 0 Å². The summed E-state index contributed by atoms with van der Waals surface area (Å²) in [5.41, 5.74) is 3.92. The Kier molecular flexibility index (Phi) is 7.35. The minimum atomic E-state index is -0.268. The molecule has 0 radical (unpaired) electrons. The van der Waals surface area contributed by atoms with Gasteiger partial charge in [-0.15, -0.1) is 0 Å². The van der Waals surface area contributed by atoms with Crippen LogP contribution in [0.15, 0.2) is 72.8 Å². The van der Waals surface area contributed by atoms with Gasteiger partial charge in [0, 0.05) is 12.1 Å². The van der Waals surface area contributed by atoms with E-state index in [0.29, 0.717) is 39.5 Å². The molecule has 0 unspecified atom stereocenters. The predicted molar refractivity (Wildman–Crippen MR) is 121 cm³/mol. The summed E-state index contributed by atoms with van der Waals surface area (Å²) in [6.45, 7) is 2.77. The average Bonchev–Trinajstić information content (AvgIpc) is 3.02. The number of hydrogen-bond acceptors (Lipinski definition) is 3. The van der Waals surface area contributed by atoms with E-state index in [1.165, 1.54) is 17.7 Å². The lowest BCUT2D eigenvalue weighted by molar-refractivity contribution is 0.107. The summed E-state index contributed by atoms with van der Waals surface area (Å²) >= 11 is 0. The summed E-state index contributed by atoms with van der Waals surface area (Å²) in [7, 11) is 0. The molecule has 2 amide bonds. The van der Waals surface area contributed by atoms with Crippen molar-refractivity contribution < 1.29 is 18.7 Å². The van der Waals surface area contributed by atoms with E-state index in [-0.39, 0.29) is 11.8 Å². The molecule has 3 aromatic rings. The van der Waals surface area contributed by atoms with E-state index in [4.69, 9.17) is 9.47 Å². The van der Waals surface area contributed by atoms with Crippen molar-refractivity contribution in [3.05, 3.63) is 101 Å². The molecule has 6 heteroatoms. The number of fused-ring (bicyclic) bond motifs is 1. The molecule has 32 heavy (non-hydrogen) atoms. The smallest absolute Gasteiger partial charge is 0.317 e. The summed E-state index contributed by atoms with van der Waals surface area (Å²) < 4.78 is 24.9. The van der Waals surface area contributed by atoms with Gasteiger partial charge in [0.05, 0.1) is 26.3 Å². The second kappa shape index (κ2) is 10.8. The van der Waals surface area contributed by atoms with Gasteiger partial charge in [-0.3, -0.25) is 0 Å². The largest absolute Gasteiger partial charge is 0.491 e. The van der Waals surface area contributed by atoms with Gasteiger partial charge in [0.1, 0.15) is 18.2 Å². The molecule has 0 saturated heterocycles. The minimum absolute atomic E-state index is 0.0925. The van der Waals surface area contributed by atoms with Crippen molar-refractivity contribution in [2.45, 2.75) is 26.2 Å².